The molecule has 0 unspecified atom stereocenters. The number of nitrogens with zero attached hydrogens (tertiary/aromatic N) is 1. The van der Waals surface area contributed by atoms with Gasteiger partial charge in [-0.2, -0.15) is 0 Å². The number of carboxylic acid groups (broad SMARTS) is 2. The van der Waals surface area contributed by atoms with Gasteiger partial charge in [-0.1, -0.05) is 68.5 Å². The summed E-state index contributed by atoms with van der Waals surface area (Å²) in [5.74, 6) is 0.0384. The molecule has 0 saturated heterocycles. The summed E-state index contributed by atoms with van der Waals surface area (Å²) in [7, 11) is 0. The molecule has 0 spiro atoms. The molecule has 6 heteroatoms. The molecule has 6 nitrogen and oxygen atoms in total. The average Bonchev–Trinajstić information content (AvgIpc) is 3.23. The van der Waals surface area contributed by atoms with Gasteiger partial charge < -0.3 is 19.5 Å². The van der Waals surface area contributed by atoms with Crippen LogP contribution in [0.1, 0.15) is 74.5 Å². The zero-order valence-electron chi connectivity index (χ0n) is 21.4. The Morgan fingerprint density at radius 3 is 2.46 bits per heavy atom. The zero-order valence-corrected chi connectivity index (χ0v) is 21.4. The maximum absolute atomic E-state index is 11.5. The van der Waals surface area contributed by atoms with Crippen LogP contribution in [0.3, 0.4) is 0 Å². The molecule has 2 N–H and O–H groups in total. The summed E-state index contributed by atoms with van der Waals surface area (Å²) in [5.41, 5.74) is 3.62. The molecule has 3 aromatic rings. The van der Waals surface area contributed by atoms with Crippen molar-refractivity contribution in [3.05, 3.63) is 65.4 Å². The van der Waals surface area contributed by atoms with Crippen molar-refractivity contribution in [2.75, 3.05) is 6.61 Å². The molecule has 1 heterocycles. The Bertz CT molecular complexity index is 1220. The molecule has 0 radical (unpaired) electrons. The maximum atomic E-state index is 11.5. The first-order valence-electron chi connectivity index (χ1n) is 13.4. The number of fused-ring (bicyclic) bond motifs is 1. The van der Waals surface area contributed by atoms with E-state index in [-0.39, 0.29) is 12.8 Å². The van der Waals surface area contributed by atoms with E-state index in [1.54, 1.807) is 0 Å². The molecule has 1 aliphatic carbocycles. The van der Waals surface area contributed by atoms with E-state index in [1.165, 1.54) is 38.5 Å². The van der Waals surface area contributed by atoms with Crippen LogP contribution in [0, 0.1) is 5.92 Å². The summed E-state index contributed by atoms with van der Waals surface area (Å²) in [6.45, 7) is 1.28. The van der Waals surface area contributed by atoms with Crippen LogP contribution in [0.2, 0.25) is 0 Å². The second kappa shape index (κ2) is 13.1. The van der Waals surface area contributed by atoms with Crippen LogP contribution in [-0.4, -0.2) is 33.3 Å². The first-order valence-corrected chi connectivity index (χ1v) is 13.4. The van der Waals surface area contributed by atoms with Crippen LogP contribution in [-0.2, 0) is 22.6 Å². The predicted octanol–water partition coefficient (Wildman–Crippen LogP) is 7.04. The number of carboxylic acids is 2. The predicted molar refractivity (Wildman–Crippen MR) is 147 cm³/mol. The van der Waals surface area contributed by atoms with Crippen LogP contribution in [0.4, 0.5) is 0 Å². The number of aryl methyl sites for hydroxylation is 1. The number of rotatable bonds is 13. The maximum Gasteiger partial charge on any atom is 0.307 e. The van der Waals surface area contributed by atoms with Crippen molar-refractivity contribution in [2.24, 2.45) is 5.92 Å². The Morgan fingerprint density at radius 1 is 0.946 bits per heavy atom. The molecule has 0 atom stereocenters. The largest absolute Gasteiger partial charge is 0.494 e. The van der Waals surface area contributed by atoms with Crippen LogP contribution in [0.25, 0.3) is 23.1 Å². The van der Waals surface area contributed by atoms with Crippen LogP contribution in [0.15, 0.2) is 48.7 Å². The molecule has 2 aromatic carbocycles. The van der Waals surface area contributed by atoms with E-state index in [0.29, 0.717) is 13.0 Å². The van der Waals surface area contributed by atoms with Gasteiger partial charge in [0.15, 0.2) is 0 Å². The first-order chi connectivity index (χ1) is 18.0. The Kier molecular flexibility index (Phi) is 9.41. The van der Waals surface area contributed by atoms with Crippen molar-refractivity contribution >= 4 is 35.0 Å². The van der Waals surface area contributed by atoms with Gasteiger partial charge in [0.1, 0.15) is 5.75 Å². The Balaban J connectivity index is 1.41. The van der Waals surface area contributed by atoms with E-state index in [0.717, 1.165) is 52.3 Å². The molecule has 1 aromatic heterocycles. The van der Waals surface area contributed by atoms with E-state index in [1.807, 2.05) is 65.4 Å². The van der Waals surface area contributed by atoms with Gasteiger partial charge in [0.05, 0.1) is 13.0 Å². The van der Waals surface area contributed by atoms with Gasteiger partial charge in [0.25, 0.3) is 0 Å². The normalized spacial score (nSPS) is 14.4. The number of aliphatic carboxylic acids is 2. The molecule has 0 amide bonds. The number of aromatic nitrogens is 1. The summed E-state index contributed by atoms with van der Waals surface area (Å²) < 4.78 is 7.92. The quantitative estimate of drug-likeness (QED) is 0.193. The fourth-order valence-electron chi connectivity index (χ4n) is 5.39. The summed E-state index contributed by atoms with van der Waals surface area (Å²) in [6, 6.07) is 13.9. The Hall–Kier alpha value is -3.54. The van der Waals surface area contributed by atoms with E-state index >= 15 is 0 Å². The monoisotopic (exact) mass is 503 g/mol. The minimum absolute atomic E-state index is 0.0771. The van der Waals surface area contributed by atoms with Gasteiger partial charge in [-0.25, -0.2) is 0 Å². The van der Waals surface area contributed by atoms with Gasteiger partial charge in [-0.15, -0.1) is 0 Å². The van der Waals surface area contributed by atoms with Crippen LogP contribution < -0.4 is 4.74 Å². The SMILES string of the molecule is O=C(O)CCCn1cc(CC(=O)O)c2c(C=Cc3ccc(OCCCC4CCCCC4)cc3)cccc21. The lowest BCUT2D eigenvalue weighted by Gasteiger charge is -2.21. The highest BCUT2D eigenvalue weighted by Crippen LogP contribution is 2.29. The van der Waals surface area contributed by atoms with Crippen LogP contribution in [0.5, 0.6) is 5.75 Å². The molecule has 4 rings (SSSR count). The lowest BCUT2D eigenvalue weighted by molar-refractivity contribution is -0.137. The number of hydrogen-bond donors (Lipinski definition) is 2. The molecule has 0 aliphatic heterocycles. The number of benzene rings is 2. The van der Waals surface area contributed by atoms with Gasteiger partial charge in [0, 0.05) is 30.1 Å². The molecule has 0 bridgehead atoms. The fraction of sp³-hybridized carbons (Fsp3) is 0.419. The van der Waals surface area contributed by atoms with Gasteiger partial charge in [-0.3, -0.25) is 9.59 Å². The standard InChI is InChI=1S/C31H37NO5/c33-29(34)12-5-19-32-22-26(21-30(35)36)31-25(10-4-11-28(31)32)16-13-24-14-17-27(18-15-24)37-20-6-9-23-7-2-1-3-8-23/h4,10-11,13-18,22-23H,1-3,5-9,12,19-21H2,(H,33,34)(H,35,36). The fourth-order valence-corrected chi connectivity index (χ4v) is 5.39. The van der Waals surface area contributed by atoms with Crippen molar-refractivity contribution < 1.29 is 24.5 Å². The minimum Gasteiger partial charge on any atom is -0.494 e. The number of hydrogen-bond acceptors (Lipinski definition) is 3. The summed E-state index contributed by atoms with van der Waals surface area (Å²) in [4.78, 5) is 22.4. The molecule has 37 heavy (non-hydrogen) atoms. The van der Waals surface area contributed by atoms with E-state index < -0.39 is 11.9 Å². The van der Waals surface area contributed by atoms with E-state index in [9.17, 15) is 14.7 Å². The molecular weight excluding hydrogens is 466 g/mol. The lowest BCUT2D eigenvalue weighted by atomic mass is 9.86. The first kappa shape index (κ1) is 26.5. The molecule has 1 aliphatic rings. The van der Waals surface area contributed by atoms with Crippen LogP contribution >= 0.6 is 0 Å². The van der Waals surface area contributed by atoms with Crippen molar-refractivity contribution in [3.63, 3.8) is 0 Å². The third kappa shape index (κ3) is 7.72. The summed E-state index contributed by atoms with van der Waals surface area (Å²) >= 11 is 0. The highest BCUT2D eigenvalue weighted by atomic mass is 16.5. The molecule has 1 fully saturated rings. The van der Waals surface area contributed by atoms with Crippen molar-refractivity contribution in [1.29, 1.82) is 0 Å². The molecular formula is C31H37NO5. The third-order valence-electron chi connectivity index (χ3n) is 7.23. The molecule has 1 saturated carbocycles. The lowest BCUT2D eigenvalue weighted by Crippen LogP contribution is -2.08. The van der Waals surface area contributed by atoms with Gasteiger partial charge in [0.2, 0.25) is 0 Å². The summed E-state index contributed by atoms with van der Waals surface area (Å²) in [6.07, 6.45) is 15.6. The topological polar surface area (TPSA) is 88.8 Å². The number of carbonyl (C=O) groups is 2. The van der Waals surface area contributed by atoms with Crippen molar-refractivity contribution in [3.8, 4) is 5.75 Å². The zero-order chi connectivity index (χ0) is 26.0. The minimum atomic E-state index is -0.891. The highest BCUT2D eigenvalue weighted by molar-refractivity contribution is 5.96. The second-order valence-electron chi connectivity index (χ2n) is 10.1. The van der Waals surface area contributed by atoms with Gasteiger partial charge >= 0.3 is 11.9 Å². The molecule has 196 valence electrons. The highest BCUT2D eigenvalue weighted by Gasteiger charge is 2.15. The Labute approximate surface area is 218 Å². The van der Waals surface area contributed by atoms with E-state index in [2.05, 4.69) is 0 Å². The number of ether oxygens (including phenoxy) is 1. The smallest absolute Gasteiger partial charge is 0.307 e. The van der Waals surface area contributed by atoms with Crippen molar-refractivity contribution in [1.82, 2.24) is 4.57 Å². The third-order valence-corrected chi connectivity index (χ3v) is 7.23. The summed E-state index contributed by atoms with van der Waals surface area (Å²) in [5, 5.41) is 19.3. The van der Waals surface area contributed by atoms with E-state index in [4.69, 9.17) is 9.84 Å². The second-order valence-corrected chi connectivity index (χ2v) is 10.1. The Morgan fingerprint density at radius 2 is 1.73 bits per heavy atom. The van der Waals surface area contributed by atoms with Gasteiger partial charge in [-0.05, 0) is 60.1 Å². The average molecular weight is 504 g/mol. The van der Waals surface area contributed by atoms with Crippen molar-refractivity contribution in [2.45, 2.75) is 70.8 Å².